The van der Waals surface area contributed by atoms with Gasteiger partial charge in [-0.15, -0.1) is 10.2 Å². The first-order valence-electron chi connectivity index (χ1n) is 8.06. The lowest BCUT2D eigenvalue weighted by Crippen LogP contribution is -2.14. The van der Waals surface area contributed by atoms with E-state index in [0.29, 0.717) is 17.5 Å². The Bertz CT molecular complexity index is 913. The maximum atomic E-state index is 13.0. The van der Waals surface area contributed by atoms with Gasteiger partial charge in [-0.3, -0.25) is 9.36 Å². The number of primary amides is 1. The molecule has 2 aromatic carbocycles. The number of hydrogen-bond donors (Lipinski definition) is 2. The van der Waals surface area contributed by atoms with Crippen LogP contribution in [0.25, 0.3) is 5.69 Å². The number of nitrogens with one attached hydrogen (secondary N) is 1. The van der Waals surface area contributed by atoms with Crippen LogP contribution in [-0.2, 0) is 11.3 Å². The second-order valence-corrected chi connectivity index (χ2v) is 6.49. The van der Waals surface area contributed by atoms with Gasteiger partial charge in [0.25, 0.3) is 0 Å². The van der Waals surface area contributed by atoms with E-state index in [-0.39, 0.29) is 11.6 Å². The molecule has 7 nitrogen and oxygen atoms in total. The van der Waals surface area contributed by atoms with Crippen LogP contribution in [0, 0.1) is 5.82 Å². The molecule has 27 heavy (non-hydrogen) atoms. The van der Waals surface area contributed by atoms with Gasteiger partial charge in [0.15, 0.2) is 11.0 Å². The molecule has 0 aliphatic heterocycles. The minimum atomic E-state index is -0.435. The Labute approximate surface area is 159 Å². The Kier molecular flexibility index (Phi) is 5.92. The Morgan fingerprint density at radius 1 is 1.19 bits per heavy atom. The fourth-order valence-corrected chi connectivity index (χ4v) is 3.09. The number of nitrogens with two attached hydrogens (primary N) is 1. The van der Waals surface area contributed by atoms with E-state index in [9.17, 15) is 9.18 Å². The number of carbonyl (C=O) groups excluding carboxylic acids is 1. The third kappa shape index (κ3) is 4.76. The van der Waals surface area contributed by atoms with Gasteiger partial charge in [-0.05, 0) is 48.5 Å². The van der Waals surface area contributed by atoms with Crippen LogP contribution in [-0.4, -0.2) is 33.5 Å². The van der Waals surface area contributed by atoms with E-state index < -0.39 is 5.91 Å². The van der Waals surface area contributed by atoms with Crippen molar-refractivity contribution >= 4 is 23.4 Å². The fourth-order valence-electron chi connectivity index (χ4n) is 2.38. The largest absolute Gasteiger partial charge is 0.497 e. The summed E-state index contributed by atoms with van der Waals surface area (Å²) in [4.78, 5) is 11.1. The lowest BCUT2D eigenvalue weighted by atomic mass is 10.3. The van der Waals surface area contributed by atoms with Gasteiger partial charge in [-0.25, -0.2) is 4.39 Å². The second-order valence-electron chi connectivity index (χ2n) is 5.55. The predicted octanol–water partition coefficient (Wildman–Crippen LogP) is 2.60. The van der Waals surface area contributed by atoms with Gasteiger partial charge in [0.2, 0.25) is 5.91 Å². The highest BCUT2D eigenvalue weighted by molar-refractivity contribution is 7.99. The molecule has 0 aliphatic rings. The van der Waals surface area contributed by atoms with Gasteiger partial charge in [-0.1, -0.05) is 11.8 Å². The Morgan fingerprint density at radius 2 is 1.89 bits per heavy atom. The third-order valence-corrected chi connectivity index (χ3v) is 4.62. The molecule has 3 aromatic rings. The summed E-state index contributed by atoms with van der Waals surface area (Å²) in [5.41, 5.74) is 6.82. The number of ether oxygens (including phenoxy) is 1. The van der Waals surface area contributed by atoms with Crippen LogP contribution in [0.4, 0.5) is 10.1 Å². The highest BCUT2D eigenvalue weighted by Gasteiger charge is 2.15. The predicted molar refractivity (Wildman–Crippen MR) is 102 cm³/mol. The third-order valence-electron chi connectivity index (χ3n) is 3.67. The maximum absolute atomic E-state index is 13.0. The summed E-state index contributed by atoms with van der Waals surface area (Å²) in [6.45, 7) is 0.363. The first kappa shape index (κ1) is 18.7. The SMILES string of the molecule is COc1ccc(-n2c(CNc3ccc(F)cc3)nnc2SCC(N)=O)cc1. The number of methoxy groups -OCH3 is 1. The van der Waals surface area contributed by atoms with Crippen LogP contribution >= 0.6 is 11.8 Å². The number of amides is 1. The first-order chi connectivity index (χ1) is 13.1. The van der Waals surface area contributed by atoms with Crippen molar-refractivity contribution in [1.82, 2.24) is 14.8 Å². The number of anilines is 1. The molecule has 0 atom stereocenters. The molecule has 0 unspecified atom stereocenters. The molecule has 1 amide bonds. The molecule has 0 aliphatic carbocycles. The molecule has 3 N–H and O–H groups in total. The normalized spacial score (nSPS) is 10.6. The van der Waals surface area contributed by atoms with Crippen LogP contribution in [0.2, 0.25) is 0 Å². The van der Waals surface area contributed by atoms with E-state index in [1.165, 1.54) is 23.9 Å². The van der Waals surface area contributed by atoms with Gasteiger partial charge in [0.1, 0.15) is 11.6 Å². The average Bonchev–Trinajstić information content (AvgIpc) is 3.09. The summed E-state index contributed by atoms with van der Waals surface area (Å²) in [5, 5.41) is 12.1. The van der Waals surface area contributed by atoms with Gasteiger partial charge in [0, 0.05) is 11.4 Å². The van der Waals surface area contributed by atoms with Crippen LogP contribution in [0.1, 0.15) is 5.82 Å². The van der Waals surface area contributed by atoms with Crippen molar-refractivity contribution < 1.29 is 13.9 Å². The van der Waals surface area contributed by atoms with E-state index >= 15 is 0 Å². The zero-order valence-electron chi connectivity index (χ0n) is 14.6. The standard InChI is InChI=1S/C18H18FN5O2S/c1-26-15-8-6-14(7-9-15)24-17(22-23-18(24)27-11-16(20)25)10-21-13-4-2-12(19)3-5-13/h2-9,21H,10-11H2,1H3,(H2,20,25). The second kappa shape index (κ2) is 8.54. The summed E-state index contributed by atoms with van der Waals surface area (Å²) in [5.74, 6) is 0.725. The summed E-state index contributed by atoms with van der Waals surface area (Å²) in [6, 6.07) is 13.5. The van der Waals surface area contributed by atoms with E-state index in [0.717, 1.165) is 17.1 Å². The first-order valence-corrected chi connectivity index (χ1v) is 9.04. The topological polar surface area (TPSA) is 95.1 Å². The lowest BCUT2D eigenvalue weighted by molar-refractivity contribution is -0.115. The van der Waals surface area contributed by atoms with E-state index in [1.54, 1.807) is 19.2 Å². The number of benzene rings is 2. The average molecular weight is 387 g/mol. The summed E-state index contributed by atoms with van der Waals surface area (Å²) in [7, 11) is 1.60. The van der Waals surface area contributed by atoms with Crippen LogP contribution in [0.5, 0.6) is 5.75 Å². The van der Waals surface area contributed by atoms with Crippen molar-refractivity contribution in [2.24, 2.45) is 5.73 Å². The highest BCUT2D eigenvalue weighted by atomic mass is 32.2. The Balaban J connectivity index is 1.87. The van der Waals surface area contributed by atoms with Gasteiger partial charge in [-0.2, -0.15) is 0 Å². The molecule has 1 aromatic heterocycles. The molecule has 0 radical (unpaired) electrons. The van der Waals surface area contributed by atoms with Crippen molar-refractivity contribution in [3.63, 3.8) is 0 Å². The molecule has 0 fully saturated rings. The van der Waals surface area contributed by atoms with Crippen molar-refractivity contribution in [1.29, 1.82) is 0 Å². The number of nitrogens with zero attached hydrogens (tertiary/aromatic N) is 3. The summed E-state index contributed by atoms with van der Waals surface area (Å²) in [6.07, 6.45) is 0. The zero-order chi connectivity index (χ0) is 19.2. The van der Waals surface area contributed by atoms with Gasteiger partial charge < -0.3 is 15.8 Å². The maximum Gasteiger partial charge on any atom is 0.227 e. The molecule has 0 saturated carbocycles. The molecule has 0 bridgehead atoms. The fraction of sp³-hybridized carbons (Fsp3) is 0.167. The number of halogens is 1. The summed E-state index contributed by atoms with van der Waals surface area (Å²) >= 11 is 1.21. The van der Waals surface area contributed by atoms with Crippen molar-refractivity contribution in [2.75, 3.05) is 18.2 Å². The molecule has 1 heterocycles. The van der Waals surface area contributed by atoms with E-state index in [4.69, 9.17) is 10.5 Å². The number of hydrogen-bond acceptors (Lipinski definition) is 6. The van der Waals surface area contributed by atoms with E-state index in [2.05, 4.69) is 15.5 Å². The smallest absolute Gasteiger partial charge is 0.227 e. The van der Waals surface area contributed by atoms with E-state index in [1.807, 2.05) is 28.8 Å². The minimum Gasteiger partial charge on any atom is -0.497 e. The monoisotopic (exact) mass is 387 g/mol. The summed E-state index contributed by atoms with van der Waals surface area (Å²) < 4.78 is 20.1. The molecule has 9 heteroatoms. The number of thioether (sulfide) groups is 1. The molecule has 0 spiro atoms. The lowest BCUT2D eigenvalue weighted by Gasteiger charge is -2.12. The Hall–Kier alpha value is -3.07. The molecular weight excluding hydrogens is 369 g/mol. The minimum absolute atomic E-state index is 0.0969. The quantitative estimate of drug-likeness (QED) is 0.577. The molecule has 3 rings (SSSR count). The molecular formula is C18H18FN5O2S. The van der Waals surface area contributed by atoms with Crippen LogP contribution in [0.3, 0.4) is 0 Å². The van der Waals surface area contributed by atoms with Crippen molar-refractivity contribution in [3.8, 4) is 11.4 Å². The van der Waals surface area contributed by atoms with Crippen LogP contribution in [0.15, 0.2) is 53.7 Å². The van der Waals surface area contributed by atoms with Crippen LogP contribution < -0.4 is 15.8 Å². The number of aromatic nitrogens is 3. The number of carbonyl (C=O) groups is 1. The van der Waals surface area contributed by atoms with Crippen molar-refractivity contribution in [3.05, 3.63) is 60.2 Å². The highest BCUT2D eigenvalue weighted by Crippen LogP contribution is 2.24. The molecule has 0 saturated heterocycles. The van der Waals surface area contributed by atoms with Gasteiger partial charge in [0.05, 0.1) is 19.4 Å². The van der Waals surface area contributed by atoms with Gasteiger partial charge >= 0.3 is 0 Å². The zero-order valence-corrected chi connectivity index (χ0v) is 15.4. The van der Waals surface area contributed by atoms with Crippen molar-refractivity contribution in [2.45, 2.75) is 11.7 Å². The molecule has 140 valence electrons. The Morgan fingerprint density at radius 3 is 2.52 bits per heavy atom. The number of rotatable bonds is 8.